The van der Waals surface area contributed by atoms with Crippen LogP contribution in [0.25, 0.3) is 5.69 Å². The number of hydrogen-bond donors (Lipinski definition) is 1. The van der Waals surface area contributed by atoms with Crippen molar-refractivity contribution in [3.8, 4) is 5.69 Å². The number of pyridine rings is 1. The molecule has 1 amide bonds. The third-order valence-corrected chi connectivity index (χ3v) is 4.72. The molecule has 1 aliphatic rings. The van der Waals surface area contributed by atoms with Gasteiger partial charge in [0.1, 0.15) is 5.82 Å². The van der Waals surface area contributed by atoms with E-state index in [2.05, 4.69) is 15.2 Å². The van der Waals surface area contributed by atoms with Crippen molar-refractivity contribution in [3.05, 3.63) is 78.2 Å². The SMILES string of the molecule is O=C(NCc1ccc(N2CCCC2)nc1)c1ccc(-n2cccc2)cc1. The van der Waals surface area contributed by atoms with Crippen molar-refractivity contribution >= 4 is 11.7 Å². The molecule has 0 radical (unpaired) electrons. The van der Waals surface area contributed by atoms with Gasteiger partial charge in [0, 0.05) is 49.5 Å². The first kappa shape index (κ1) is 16.4. The molecule has 1 fully saturated rings. The number of carbonyl (C=O) groups is 1. The Labute approximate surface area is 153 Å². The van der Waals surface area contributed by atoms with Crippen LogP contribution in [-0.4, -0.2) is 28.5 Å². The van der Waals surface area contributed by atoms with Crippen molar-refractivity contribution in [1.82, 2.24) is 14.9 Å². The molecular formula is C21H22N4O. The molecule has 132 valence electrons. The lowest BCUT2D eigenvalue weighted by atomic mass is 10.2. The standard InChI is InChI=1S/C21H22N4O/c26-21(18-6-8-19(9-7-18)24-11-1-2-12-24)23-16-17-5-10-20(22-15-17)25-13-3-4-14-25/h1-2,5-12,15H,3-4,13-14,16H2,(H,23,26). The predicted octanol–water partition coefficient (Wildman–Crippen LogP) is 3.40. The molecule has 0 unspecified atom stereocenters. The molecule has 5 nitrogen and oxygen atoms in total. The Balaban J connectivity index is 1.34. The average Bonchev–Trinajstić information content (AvgIpc) is 3.40. The normalized spacial score (nSPS) is 13.8. The fourth-order valence-corrected chi connectivity index (χ4v) is 3.23. The number of aromatic nitrogens is 2. The van der Waals surface area contributed by atoms with E-state index in [9.17, 15) is 4.79 Å². The van der Waals surface area contributed by atoms with E-state index >= 15 is 0 Å². The Morgan fingerprint density at radius 2 is 1.73 bits per heavy atom. The van der Waals surface area contributed by atoms with E-state index < -0.39 is 0 Å². The monoisotopic (exact) mass is 346 g/mol. The van der Waals surface area contributed by atoms with Gasteiger partial charge < -0.3 is 14.8 Å². The highest BCUT2D eigenvalue weighted by molar-refractivity contribution is 5.94. The fraction of sp³-hybridized carbons (Fsp3) is 0.238. The maximum absolute atomic E-state index is 12.3. The summed E-state index contributed by atoms with van der Waals surface area (Å²) in [7, 11) is 0. The smallest absolute Gasteiger partial charge is 0.251 e. The molecule has 0 atom stereocenters. The molecule has 4 rings (SSSR count). The first-order chi connectivity index (χ1) is 12.8. The highest BCUT2D eigenvalue weighted by atomic mass is 16.1. The number of carbonyl (C=O) groups excluding carboxylic acids is 1. The van der Waals surface area contributed by atoms with Crippen molar-refractivity contribution in [2.24, 2.45) is 0 Å². The summed E-state index contributed by atoms with van der Waals surface area (Å²) in [4.78, 5) is 19.2. The van der Waals surface area contributed by atoms with Gasteiger partial charge in [0.25, 0.3) is 5.91 Å². The van der Waals surface area contributed by atoms with Gasteiger partial charge in [0.15, 0.2) is 0 Å². The van der Waals surface area contributed by atoms with E-state index in [1.807, 2.05) is 71.7 Å². The quantitative estimate of drug-likeness (QED) is 0.770. The van der Waals surface area contributed by atoms with Crippen LogP contribution in [0.4, 0.5) is 5.82 Å². The Morgan fingerprint density at radius 3 is 2.38 bits per heavy atom. The van der Waals surface area contributed by atoms with Crippen LogP contribution in [0, 0.1) is 0 Å². The minimum Gasteiger partial charge on any atom is -0.357 e. The van der Waals surface area contributed by atoms with Crippen LogP contribution in [0.1, 0.15) is 28.8 Å². The predicted molar refractivity (Wildman–Crippen MR) is 103 cm³/mol. The molecule has 2 aromatic heterocycles. The molecule has 3 heterocycles. The molecule has 0 aliphatic carbocycles. The van der Waals surface area contributed by atoms with E-state index in [1.165, 1.54) is 12.8 Å². The van der Waals surface area contributed by atoms with Gasteiger partial charge >= 0.3 is 0 Å². The van der Waals surface area contributed by atoms with Crippen LogP contribution < -0.4 is 10.2 Å². The molecule has 0 bridgehead atoms. The van der Waals surface area contributed by atoms with Gasteiger partial charge in [-0.1, -0.05) is 6.07 Å². The number of rotatable bonds is 5. The second-order valence-corrected chi connectivity index (χ2v) is 6.54. The maximum Gasteiger partial charge on any atom is 0.251 e. The second-order valence-electron chi connectivity index (χ2n) is 6.54. The Morgan fingerprint density at radius 1 is 1.00 bits per heavy atom. The van der Waals surface area contributed by atoms with Crippen LogP contribution in [0.5, 0.6) is 0 Å². The summed E-state index contributed by atoms with van der Waals surface area (Å²) < 4.78 is 2.01. The summed E-state index contributed by atoms with van der Waals surface area (Å²) in [5.41, 5.74) is 2.70. The van der Waals surface area contributed by atoms with Crippen LogP contribution in [0.2, 0.25) is 0 Å². The molecule has 1 aromatic carbocycles. The van der Waals surface area contributed by atoms with Gasteiger partial charge in [-0.2, -0.15) is 0 Å². The van der Waals surface area contributed by atoms with Gasteiger partial charge in [0.05, 0.1) is 0 Å². The van der Waals surface area contributed by atoms with E-state index in [4.69, 9.17) is 0 Å². The first-order valence-corrected chi connectivity index (χ1v) is 9.01. The molecule has 26 heavy (non-hydrogen) atoms. The number of hydrogen-bond acceptors (Lipinski definition) is 3. The molecule has 5 heteroatoms. The summed E-state index contributed by atoms with van der Waals surface area (Å²) in [5.74, 6) is 0.950. The molecule has 1 aliphatic heterocycles. The van der Waals surface area contributed by atoms with Crippen molar-refractivity contribution < 1.29 is 4.79 Å². The Bertz CT molecular complexity index is 848. The van der Waals surface area contributed by atoms with Gasteiger partial charge in [0.2, 0.25) is 0 Å². The molecule has 3 aromatic rings. The van der Waals surface area contributed by atoms with E-state index in [1.54, 1.807) is 0 Å². The lowest BCUT2D eigenvalue weighted by molar-refractivity contribution is 0.0951. The minimum absolute atomic E-state index is 0.0762. The maximum atomic E-state index is 12.3. The van der Waals surface area contributed by atoms with Crippen LogP contribution in [0.15, 0.2) is 67.1 Å². The van der Waals surface area contributed by atoms with Gasteiger partial charge in [-0.3, -0.25) is 4.79 Å². The second kappa shape index (κ2) is 7.44. The highest BCUT2D eigenvalue weighted by Crippen LogP contribution is 2.17. The summed E-state index contributed by atoms with van der Waals surface area (Å²) in [6, 6.07) is 15.6. The molecule has 1 N–H and O–H groups in total. The first-order valence-electron chi connectivity index (χ1n) is 9.01. The van der Waals surface area contributed by atoms with Crippen molar-refractivity contribution in [2.75, 3.05) is 18.0 Å². The van der Waals surface area contributed by atoms with Crippen LogP contribution >= 0.6 is 0 Å². The molecule has 1 saturated heterocycles. The summed E-state index contributed by atoms with van der Waals surface area (Å²) in [6.07, 6.45) is 8.29. The summed E-state index contributed by atoms with van der Waals surface area (Å²) in [6.45, 7) is 2.65. The lowest BCUT2D eigenvalue weighted by Gasteiger charge is -2.16. The highest BCUT2D eigenvalue weighted by Gasteiger charge is 2.13. The zero-order chi connectivity index (χ0) is 17.8. The molecular weight excluding hydrogens is 324 g/mol. The van der Waals surface area contributed by atoms with Crippen LogP contribution in [0.3, 0.4) is 0 Å². The van der Waals surface area contributed by atoms with E-state index in [-0.39, 0.29) is 5.91 Å². The summed E-state index contributed by atoms with van der Waals surface area (Å²) >= 11 is 0. The van der Waals surface area contributed by atoms with Crippen molar-refractivity contribution in [3.63, 3.8) is 0 Å². The Kier molecular flexibility index (Phi) is 4.69. The van der Waals surface area contributed by atoms with Gasteiger partial charge in [-0.25, -0.2) is 4.98 Å². The number of benzene rings is 1. The summed E-state index contributed by atoms with van der Waals surface area (Å²) in [5, 5.41) is 2.96. The topological polar surface area (TPSA) is 50.2 Å². The van der Waals surface area contributed by atoms with Gasteiger partial charge in [-0.15, -0.1) is 0 Å². The number of amides is 1. The van der Waals surface area contributed by atoms with E-state index in [0.717, 1.165) is 30.2 Å². The number of nitrogens with one attached hydrogen (secondary N) is 1. The van der Waals surface area contributed by atoms with E-state index in [0.29, 0.717) is 12.1 Å². The zero-order valence-corrected chi connectivity index (χ0v) is 14.6. The van der Waals surface area contributed by atoms with Crippen molar-refractivity contribution in [2.45, 2.75) is 19.4 Å². The third-order valence-electron chi connectivity index (χ3n) is 4.72. The third kappa shape index (κ3) is 3.61. The number of anilines is 1. The zero-order valence-electron chi connectivity index (χ0n) is 14.6. The fourth-order valence-electron chi connectivity index (χ4n) is 3.23. The van der Waals surface area contributed by atoms with Gasteiger partial charge in [-0.05, 0) is 60.9 Å². The minimum atomic E-state index is -0.0762. The lowest BCUT2D eigenvalue weighted by Crippen LogP contribution is -2.23. The van der Waals surface area contributed by atoms with Crippen LogP contribution in [-0.2, 0) is 6.54 Å². The Hall–Kier alpha value is -3.08. The average molecular weight is 346 g/mol. The van der Waals surface area contributed by atoms with Crippen molar-refractivity contribution in [1.29, 1.82) is 0 Å². The number of nitrogens with zero attached hydrogens (tertiary/aromatic N) is 3. The molecule has 0 spiro atoms. The largest absolute Gasteiger partial charge is 0.357 e. The molecule has 0 saturated carbocycles.